The van der Waals surface area contributed by atoms with Gasteiger partial charge in [-0.25, -0.2) is 8.51 Å². The summed E-state index contributed by atoms with van der Waals surface area (Å²) in [6.45, 7) is 7.99. The molecule has 0 aliphatic carbocycles. The molecule has 1 aliphatic rings. The van der Waals surface area contributed by atoms with Gasteiger partial charge in [-0.15, -0.1) is 0 Å². The van der Waals surface area contributed by atoms with Crippen molar-refractivity contribution in [2.75, 3.05) is 6.54 Å². The van der Waals surface area contributed by atoms with Crippen molar-refractivity contribution in [3.05, 3.63) is 47.5 Å². The van der Waals surface area contributed by atoms with Gasteiger partial charge in [0.1, 0.15) is 11.0 Å². The number of Topliss-reactive ketones (excluding diaryl/α,β-unsaturated/α-hetero) is 1. The number of ketones is 1. The zero-order valence-electron chi connectivity index (χ0n) is 12.4. The quantitative estimate of drug-likeness (QED) is 0.858. The molecule has 108 valence electrons. The van der Waals surface area contributed by atoms with Gasteiger partial charge in [-0.3, -0.25) is 4.79 Å². The van der Waals surface area contributed by atoms with Crippen LogP contribution in [0.4, 0.5) is 0 Å². The van der Waals surface area contributed by atoms with Crippen LogP contribution in [0.1, 0.15) is 39.3 Å². The molecule has 0 N–H and O–H groups in total. The van der Waals surface area contributed by atoms with Crippen molar-refractivity contribution < 1.29 is 9.00 Å². The lowest BCUT2D eigenvalue weighted by molar-refractivity contribution is -0.113. The molecule has 3 nitrogen and oxygen atoms in total. The average Bonchev–Trinajstić information content (AvgIpc) is 2.82. The van der Waals surface area contributed by atoms with Crippen LogP contribution in [0.15, 0.2) is 42.0 Å². The Morgan fingerprint density at radius 3 is 2.35 bits per heavy atom. The third-order valence-electron chi connectivity index (χ3n) is 3.33. The van der Waals surface area contributed by atoms with E-state index in [1.165, 1.54) is 0 Å². The number of hydrogen-bond donors (Lipinski definition) is 0. The minimum Gasteiger partial charge on any atom is -0.295 e. The van der Waals surface area contributed by atoms with Crippen LogP contribution in [0.5, 0.6) is 0 Å². The summed E-state index contributed by atoms with van der Waals surface area (Å²) in [4.78, 5) is 11.9. The second kappa shape index (κ2) is 5.62. The molecule has 2 rings (SSSR count). The van der Waals surface area contributed by atoms with Gasteiger partial charge in [0.05, 0.1) is 10.8 Å². The van der Waals surface area contributed by atoms with Gasteiger partial charge in [0.15, 0.2) is 5.78 Å². The standard InChI is InChI=1S/C16H21NO2S/c1-12(18)14-10-11-17(20(19)16(2,3)4)15(14)13-8-6-5-7-9-13/h5-10,15H,11H2,1-4H3/t15-,20+/m0/s1. The lowest BCUT2D eigenvalue weighted by atomic mass is 9.98. The van der Waals surface area contributed by atoms with E-state index in [4.69, 9.17) is 0 Å². The van der Waals surface area contributed by atoms with Crippen LogP contribution in [-0.2, 0) is 15.8 Å². The number of benzene rings is 1. The van der Waals surface area contributed by atoms with E-state index in [-0.39, 0.29) is 16.6 Å². The molecule has 0 spiro atoms. The van der Waals surface area contributed by atoms with E-state index >= 15 is 0 Å². The van der Waals surface area contributed by atoms with E-state index in [0.717, 1.165) is 11.1 Å². The van der Waals surface area contributed by atoms with Crippen LogP contribution < -0.4 is 0 Å². The smallest absolute Gasteiger partial charge is 0.157 e. The highest BCUT2D eigenvalue weighted by Crippen LogP contribution is 2.37. The molecular weight excluding hydrogens is 270 g/mol. The fraction of sp³-hybridized carbons (Fsp3) is 0.438. The predicted molar refractivity (Wildman–Crippen MR) is 82.5 cm³/mol. The topological polar surface area (TPSA) is 37.4 Å². The average molecular weight is 291 g/mol. The molecule has 0 unspecified atom stereocenters. The molecule has 1 aromatic rings. The van der Waals surface area contributed by atoms with Gasteiger partial charge in [0.25, 0.3) is 0 Å². The van der Waals surface area contributed by atoms with Crippen LogP contribution in [0.3, 0.4) is 0 Å². The van der Waals surface area contributed by atoms with Crippen molar-refractivity contribution >= 4 is 16.8 Å². The molecule has 0 saturated carbocycles. The SMILES string of the molecule is CC(=O)C1=CCN([S@](=O)C(C)(C)C)[C@H]1c1ccccc1. The summed E-state index contributed by atoms with van der Waals surface area (Å²) in [5.74, 6) is 0.0484. The largest absolute Gasteiger partial charge is 0.295 e. The Kier molecular flexibility index (Phi) is 4.25. The van der Waals surface area contributed by atoms with Gasteiger partial charge in [-0.1, -0.05) is 36.4 Å². The second-order valence-electron chi connectivity index (χ2n) is 5.99. The third kappa shape index (κ3) is 2.91. The molecule has 1 heterocycles. The first kappa shape index (κ1) is 15.1. The highest BCUT2D eigenvalue weighted by molar-refractivity contribution is 7.84. The monoisotopic (exact) mass is 291 g/mol. The van der Waals surface area contributed by atoms with E-state index in [1.807, 2.05) is 61.5 Å². The maximum atomic E-state index is 12.7. The minimum absolute atomic E-state index is 0.0484. The molecule has 4 heteroatoms. The fourth-order valence-electron chi connectivity index (χ4n) is 2.39. The van der Waals surface area contributed by atoms with Crippen LogP contribution in [-0.4, -0.2) is 25.6 Å². The van der Waals surface area contributed by atoms with E-state index in [0.29, 0.717) is 6.54 Å². The molecule has 0 radical (unpaired) electrons. The minimum atomic E-state index is -1.15. The zero-order valence-corrected chi connectivity index (χ0v) is 13.2. The third-order valence-corrected chi connectivity index (χ3v) is 5.17. The highest BCUT2D eigenvalue weighted by Gasteiger charge is 2.38. The van der Waals surface area contributed by atoms with Crippen molar-refractivity contribution in [2.24, 2.45) is 0 Å². The van der Waals surface area contributed by atoms with Gasteiger partial charge in [-0.2, -0.15) is 0 Å². The molecular formula is C16H21NO2S. The molecule has 0 saturated heterocycles. The molecule has 20 heavy (non-hydrogen) atoms. The summed E-state index contributed by atoms with van der Waals surface area (Å²) in [5, 5.41) is 0. The van der Waals surface area contributed by atoms with Gasteiger partial charge in [0.2, 0.25) is 0 Å². The molecule has 0 amide bonds. The van der Waals surface area contributed by atoms with Crippen molar-refractivity contribution in [3.63, 3.8) is 0 Å². The van der Waals surface area contributed by atoms with Crippen molar-refractivity contribution in [1.29, 1.82) is 0 Å². The predicted octanol–water partition coefficient (Wildman–Crippen LogP) is 3.02. The maximum absolute atomic E-state index is 12.7. The van der Waals surface area contributed by atoms with E-state index in [9.17, 15) is 9.00 Å². The summed E-state index contributed by atoms with van der Waals surface area (Å²) in [6.07, 6.45) is 1.91. The normalized spacial score (nSPS) is 21.6. The van der Waals surface area contributed by atoms with Crippen LogP contribution in [0.2, 0.25) is 0 Å². The number of nitrogens with zero attached hydrogens (tertiary/aromatic N) is 1. The number of carbonyl (C=O) groups is 1. The van der Waals surface area contributed by atoms with Gasteiger partial charge in [0, 0.05) is 12.1 Å². The molecule has 0 bridgehead atoms. The summed E-state index contributed by atoms with van der Waals surface area (Å²) in [6, 6.07) is 9.61. The number of rotatable bonds is 3. The first-order chi connectivity index (χ1) is 9.32. The fourth-order valence-corrected chi connectivity index (χ4v) is 3.73. The second-order valence-corrected chi connectivity index (χ2v) is 8.18. The molecule has 1 aromatic carbocycles. The summed E-state index contributed by atoms with van der Waals surface area (Å²) >= 11 is 0. The summed E-state index contributed by atoms with van der Waals surface area (Å²) < 4.78 is 14.3. The van der Waals surface area contributed by atoms with E-state index in [2.05, 4.69) is 0 Å². The van der Waals surface area contributed by atoms with Crippen LogP contribution in [0, 0.1) is 0 Å². The lowest BCUT2D eigenvalue weighted by Gasteiger charge is -2.31. The summed E-state index contributed by atoms with van der Waals surface area (Å²) in [7, 11) is -1.15. The zero-order chi connectivity index (χ0) is 14.9. The summed E-state index contributed by atoms with van der Waals surface area (Å²) in [5.41, 5.74) is 1.76. The van der Waals surface area contributed by atoms with Crippen molar-refractivity contribution in [2.45, 2.75) is 38.5 Å². The van der Waals surface area contributed by atoms with Gasteiger partial charge < -0.3 is 0 Å². The number of carbonyl (C=O) groups excluding carboxylic acids is 1. The van der Waals surface area contributed by atoms with Gasteiger partial charge >= 0.3 is 0 Å². The Morgan fingerprint density at radius 2 is 1.85 bits per heavy atom. The molecule has 2 atom stereocenters. The van der Waals surface area contributed by atoms with Crippen LogP contribution >= 0.6 is 0 Å². The Bertz CT molecular complexity index is 558. The Hall–Kier alpha value is -1.26. The molecule has 0 fully saturated rings. The van der Waals surface area contributed by atoms with Crippen molar-refractivity contribution in [1.82, 2.24) is 4.31 Å². The van der Waals surface area contributed by atoms with E-state index < -0.39 is 11.0 Å². The Labute approximate surface area is 123 Å². The van der Waals surface area contributed by atoms with E-state index in [1.54, 1.807) is 6.92 Å². The molecule has 1 aliphatic heterocycles. The van der Waals surface area contributed by atoms with Gasteiger partial charge in [-0.05, 0) is 33.3 Å². The highest BCUT2D eigenvalue weighted by atomic mass is 32.2. The molecule has 0 aromatic heterocycles. The maximum Gasteiger partial charge on any atom is 0.157 e. The Balaban J connectivity index is 2.41. The Morgan fingerprint density at radius 1 is 1.25 bits per heavy atom. The first-order valence-electron chi connectivity index (χ1n) is 6.77. The number of hydrogen-bond acceptors (Lipinski definition) is 2. The van der Waals surface area contributed by atoms with Crippen molar-refractivity contribution in [3.8, 4) is 0 Å². The van der Waals surface area contributed by atoms with Crippen LogP contribution in [0.25, 0.3) is 0 Å². The lowest BCUT2D eigenvalue weighted by Crippen LogP contribution is -2.38. The first-order valence-corrected chi connectivity index (χ1v) is 7.87.